The Kier molecular flexibility index (Phi) is 7.03. The van der Waals surface area contributed by atoms with E-state index in [-0.39, 0.29) is 0 Å². The van der Waals surface area contributed by atoms with Crippen LogP contribution in [0, 0.1) is 0 Å². The SMILES string of the molecule is c1ccc(-c2cc(-c3ccccc3)nc(-n3c4ccccc4c4c(-c5nnc(-c6cccc7c6c6ccccc6n7-c6ccccc6)o5)cccc43)n2)cc1. The molecule has 0 aliphatic heterocycles. The van der Waals surface area contributed by atoms with E-state index in [0.29, 0.717) is 17.7 Å². The van der Waals surface area contributed by atoms with Crippen molar-refractivity contribution >= 4 is 43.6 Å². The lowest BCUT2D eigenvalue weighted by atomic mass is 10.1. The van der Waals surface area contributed by atoms with Crippen molar-refractivity contribution < 1.29 is 4.42 Å². The van der Waals surface area contributed by atoms with E-state index in [9.17, 15) is 0 Å². The van der Waals surface area contributed by atoms with Gasteiger partial charge in [0.15, 0.2) is 0 Å². The number of hydrogen-bond acceptors (Lipinski definition) is 5. The second-order valence-corrected chi connectivity index (χ2v) is 13.5. The van der Waals surface area contributed by atoms with Crippen molar-refractivity contribution in [2.75, 3.05) is 0 Å². The van der Waals surface area contributed by atoms with Gasteiger partial charge in [-0.05, 0) is 54.6 Å². The Labute approximate surface area is 315 Å². The maximum Gasteiger partial charge on any atom is 0.248 e. The second kappa shape index (κ2) is 12.5. The standard InChI is InChI=1S/C48H30N6O/c1-4-16-31(17-5-1)38-30-39(32-18-6-2-7-19-32)50-48(49-38)54-41-27-13-11-23-35(41)45-37(25-15-29-43(45)54)47-52-51-46(55-47)36-24-14-28-42-44(36)34-22-10-12-26-40(34)53(42)33-20-8-3-9-21-33/h1-30H. The molecule has 11 rings (SSSR count). The summed E-state index contributed by atoms with van der Waals surface area (Å²) in [5.41, 5.74) is 10.6. The summed E-state index contributed by atoms with van der Waals surface area (Å²) in [5, 5.41) is 13.6. The Morgan fingerprint density at radius 3 is 1.36 bits per heavy atom. The smallest absolute Gasteiger partial charge is 0.248 e. The van der Waals surface area contributed by atoms with Crippen molar-refractivity contribution in [2.24, 2.45) is 0 Å². The van der Waals surface area contributed by atoms with Crippen molar-refractivity contribution in [1.82, 2.24) is 29.3 Å². The monoisotopic (exact) mass is 706 g/mol. The largest absolute Gasteiger partial charge is 0.416 e. The van der Waals surface area contributed by atoms with Gasteiger partial charge in [-0.3, -0.25) is 4.57 Å². The summed E-state index contributed by atoms with van der Waals surface area (Å²) in [6.45, 7) is 0. The summed E-state index contributed by atoms with van der Waals surface area (Å²) in [5.74, 6) is 1.48. The molecule has 0 N–H and O–H groups in total. The summed E-state index contributed by atoms with van der Waals surface area (Å²) in [4.78, 5) is 10.4. The lowest BCUT2D eigenvalue weighted by Crippen LogP contribution is -2.04. The molecule has 0 atom stereocenters. The summed E-state index contributed by atoms with van der Waals surface area (Å²) < 4.78 is 11.1. The Balaban J connectivity index is 1.11. The van der Waals surface area contributed by atoms with Gasteiger partial charge in [0.2, 0.25) is 17.7 Å². The van der Waals surface area contributed by atoms with Crippen molar-refractivity contribution in [3.05, 3.63) is 182 Å². The molecule has 11 aromatic rings. The summed E-state index contributed by atoms with van der Waals surface area (Å²) >= 11 is 0. The minimum Gasteiger partial charge on any atom is -0.416 e. The highest BCUT2D eigenvalue weighted by Crippen LogP contribution is 2.41. The van der Waals surface area contributed by atoms with Gasteiger partial charge in [0, 0.05) is 49.5 Å². The maximum atomic E-state index is 6.68. The number of hydrogen-bond donors (Lipinski definition) is 0. The second-order valence-electron chi connectivity index (χ2n) is 13.5. The molecule has 7 heteroatoms. The van der Waals surface area contributed by atoms with Gasteiger partial charge in [0.25, 0.3) is 0 Å². The first kappa shape index (κ1) is 30.9. The first-order valence-electron chi connectivity index (χ1n) is 18.2. The fourth-order valence-electron chi connectivity index (χ4n) is 7.95. The van der Waals surface area contributed by atoms with Gasteiger partial charge in [-0.1, -0.05) is 127 Å². The van der Waals surface area contributed by atoms with E-state index < -0.39 is 0 Å². The van der Waals surface area contributed by atoms with E-state index in [0.717, 1.165) is 82.9 Å². The van der Waals surface area contributed by atoms with Crippen molar-refractivity contribution in [3.8, 4) is 57.1 Å². The molecule has 0 unspecified atom stereocenters. The number of nitrogens with zero attached hydrogens (tertiary/aromatic N) is 6. The molecule has 4 aromatic heterocycles. The molecule has 258 valence electrons. The van der Waals surface area contributed by atoms with Crippen LogP contribution in [0.4, 0.5) is 0 Å². The van der Waals surface area contributed by atoms with E-state index in [1.54, 1.807) is 0 Å². The quantitative estimate of drug-likeness (QED) is 0.172. The molecule has 0 aliphatic rings. The summed E-state index contributed by atoms with van der Waals surface area (Å²) in [7, 11) is 0. The summed E-state index contributed by atoms with van der Waals surface area (Å²) in [6, 6.07) is 62.3. The number of para-hydroxylation sites is 3. The average Bonchev–Trinajstić information content (AvgIpc) is 3.98. The predicted molar refractivity (Wildman–Crippen MR) is 220 cm³/mol. The first-order valence-corrected chi connectivity index (χ1v) is 18.2. The molecule has 0 fully saturated rings. The van der Waals surface area contributed by atoms with Crippen LogP contribution in [0.25, 0.3) is 101 Å². The van der Waals surface area contributed by atoms with Gasteiger partial charge >= 0.3 is 0 Å². The number of benzene rings is 7. The highest BCUT2D eigenvalue weighted by molar-refractivity contribution is 6.16. The van der Waals surface area contributed by atoms with Gasteiger partial charge in [-0.25, -0.2) is 9.97 Å². The van der Waals surface area contributed by atoms with Crippen LogP contribution in [-0.4, -0.2) is 29.3 Å². The molecule has 0 radical (unpaired) electrons. The van der Waals surface area contributed by atoms with E-state index in [2.05, 4.69) is 142 Å². The van der Waals surface area contributed by atoms with Gasteiger partial charge in [0.05, 0.1) is 33.5 Å². The van der Waals surface area contributed by atoms with E-state index in [1.807, 2.05) is 54.6 Å². The topological polar surface area (TPSA) is 74.6 Å². The van der Waals surface area contributed by atoms with Gasteiger partial charge in [-0.2, -0.15) is 0 Å². The zero-order valence-electron chi connectivity index (χ0n) is 29.4. The van der Waals surface area contributed by atoms with E-state index >= 15 is 0 Å². The third-order valence-corrected chi connectivity index (χ3v) is 10.3. The molecule has 7 aromatic carbocycles. The van der Waals surface area contributed by atoms with Crippen LogP contribution in [0.3, 0.4) is 0 Å². The van der Waals surface area contributed by atoms with Crippen LogP contribution in [-0.2, 0) is 0 Å². The molecule has 7 nitrogen and oxygen atoms in total. The molecule has 0 saturated heterocycles. The summed E-state index contributed by atoms with van der Waals surface area (Å²) in [6.07, 6.45) is 0. The molecule has 0 bridgehead atoms. The third-order valence-electron chi connectivity index (χ3n) is 10.3. The van der Waals surface area contributed by atoms with Crippen LogP contribution < -0.4 is 0 Å². The van der Waals surface area contributed by atoms with Crippen molar-refractivity contribution in [2.45, 2.75) is 0 Å². The molecule has 4 heterocycles. The zero-order chi connectivity index (χ0) is 36.3. The molecule has 55 heavy (non-hydrogen) atoms. The first-order chi connectivity index (χ1) is 27.3. The van der Waals surface area contributed by atoms with E-state index in [1.165, 1.54) is 0 Å². The number of fused-ring (bicyclic) bond motifs is 6. The van der Waals surface area contributed by atoms with Crippen LogP contribution in [0.5, 0.6) is 0 Å². The lowest BCUT2D eigenvalue weighted by Gasteiger charge is -2.11. The molecule has 0 saturated carbocycles. The molecule has 0 aliphatic carbocycles. The average molecular weight is 707 g/mol. The predicted octanol–water partition coefficient (Wildman–Crippen LogP) is 11.7. The fourth-order valence-corrected chi connectivity index (χ4v) is 7.95. The van der Waals surface area contributed by atoms with Crippen LogP contribution >= 0.6 is 0 Å². The van der Waals surface area contributed by atoms with Crippen LogP contribution in [0.15, 0.2) is 186 Å². The van der Waals surface area contributed by atoms with Crippen LogP contribution in [0.2, 0.25) is 0 Å². The Hall–Kier alpha value is -7.64. The van der Waals surface area contributed by atoms with Gasteiger partial charge in [-0.15, -0.1) is 10.2 Å². The lowest BCUT2D eigenvalue weighted by molar-refractivity contribution is 0.586. The Morgan fingerprint density at radius 2 is 0.818 bits per heavy atom. The van der Waals surface area contributed by atoms with Gasteiger partial charge in [0.1, 0.15) is 0 Å². The highest BCUT2D eigenvalue weighted by atomic mass is 16.4. The normalized spacial score (nSPS) is 11.6. The molecule has 0 spiro atoms. The minimum atomic E-state index is 0.441. The Morgan fingerprint density at radius 1 is 0.382 bits per heavy atom. The van der Waals surface area contributed by atoms with Gasteiger partial charge < -0.3 is 8.98 Å². The Bertz CT molecular complexity index is 3140. The van der Waals surface area contributed by atoms with Crippen molar-refractivity contribution in [1.29, 1.82) is 0 Å². The third kappa shape index (κ3) is 4.98. The highest BCUT2D eigenvalue weighted by Gasteiger charge is 2.23. The maximum absolute atomic E-state index is 6.68. The zero-order valence-corrected chi connectivity index (χ0v) is 29.4. The number of rotatable bonds is 6. The molecular weight excluding hydrogens is 677 g/mol. The molecule has 0 amide bonds. The minimum absolute atomic E-state index is 0.441. The fraction of sp³-hybridized carbons (Fsp3) is 0. The number of aromatic nitrogens is 6. The van der Waals surface area contributed by atoms with Crippen LogP contribution in [0.1, 0.15) is 0 Å². The van der Waals surface area contributed by atoms with Crippen molar-refractivity contribution in [3.63, 3.8) is 0 Å². The van der Waals surface area contributed by atoms with E-state index in [4.69, 9.17) is 19.5 Å². The molecular formula is C48H30N6O.